The molecule has 1 aromatic rings. The molecule has 0 aliphatic carbocycles. The van der Waals surface area contributed by atoms with E-state index < -0.39 is 5.54 Å². The largest absolute Gasteiger partial charge is 0.467 e. The molecule has 0 radical (unpaired) electrons. The lowest BCUT2D eigenvalue weighted by Gasteiger charge is -2.41. The van der Waals surface area contributed by atoms with Crippen LogP contribution >= 0.6 is 0 Å². The van der Waals surface area contributed by atoms with Gasteiger partial charge in [0.25, 0.3) is 0 Å². The van der Waals surface area contributed by atoms with E-state index in [2.05, 4.69) is 20.3 Å². The van der Waals surface area contributed by atoms with Gasteiger partial charge in [0, 0.05) is 13.1 Å². The Morgan fingerprint density at radius 3 is 2.78 bits per heavy atom. The third-order valence-electron chi connectivity index (χ3n) is 2.90. The van der Waals surface area contributed by atoms with Crippen LogP contribution in [0, 0.1) is 0 Å². The molecule has 1 fully saturated rings. The van der Waals surface area contributed by atoms with Crippen LogP contribution in [0.3, 0.4) is 0 Å². The van der Waals surface area contributed by atoms with Crippen LogP contribution in [0.15, 0.2) is 0 Å². The second kappa shape index (κ2) is 4.28. The molecule has 0 saturated carbocycles. The number of ether oxygens (including phenoxy) is 1. The van der Waals surface area contributed by atoms with Crippen molar-refractivity contribution >= 4 is 17.8 Å². The van der Waals surface area contributed by atoms with Gasteiger partial charge in [-0.15, -0.1) is 0 Å². The SMILES string of the molecule is COc1nc(N)nc(N2CCNC(=O)C2(C)C)n1. The van der Waals surface area contributed by atoms with Crippen LogP contribution in [0.1, 0.15) is 13.8 Å². The Labute approximate surface area is 105 Å². The van der Waals surface area contributed by atoms with E-state index in [1.807, 2.05) is 0 Å². The standard InChI is InChI=1S/C10H16N6O2/c1-10(2)6(17)12-4-5-16(10)8-13-7(11)14-9(15-8)18-3/h4-5H2,1-3H3,(H,12,17)(H2,11,13,14,15). The molecule has 0 atom stereocenters. The summed E-state index contributed by atoms with van der Waals surface area (Å²) >= 11 is 0. The highest BCUT2D eigenvalue weighted by atomic mass is 16.5. The van der Waals surface area contributed by atoms with Gasteiger partial charge in [0.2, 0.25) is 17.8 Å². The molecule has 8 heteroatoms. The molecule has 3 N–H and O–H groups in total. The van der Waals surface area contributed by atoms with E-state index in [-0.39, 0.29) is 17.9 Å². The molecule has 1 saturated heterocycles. The molecule has 2 rings (SSSR count). The number of nitrogen functional groups attached to an aromatic ring is 1. The Kier molecular flexibility index (Phi) is 2.93. The van der Waals surface area contributed by atoms with Crippen LogP contribution in [0.5, 0.6) is 6.01 Å². The quantitative estimate of drug-likeness (QED) is 0.708. The highest BCUT2D eigenvalue weighted by Gasteiger charge is 2.39. The number of rotatable bonds is 2. The minimum absolute atomic E-state index is 0.0682. The molecule has 1 aliphatic heterocycles. The van der Waals surface area contributed by atoms with E-state index in [0.717, 1.165) is 0 Å². The van der Waals surface area contributed by atoms with Gasteiger partial charge in [0.15, 0.2) is 0 Å². The Balaban J connectivity index is 2.41. The summed E-state index contributed by atoms with van der Waals surface area (Å²) in [6.07, 6.45) is 0. The molecule has 1 aromatic heterocycles. The normalized spacial score (nSPS) is 18.4. The minimum atomic E-state index is -0.739. The van der Waals surface area contributed by atoms with Crippen LogP contribution in [-0.2, 0) is 4.79 Å². The van der Waals surface area contributed by atoms with Gasteiger partial charge in [-0.3, -0.25) is 4.79 Å². The molecule has 18 heavy (non-hydrogen) atoms. The minimum Gasteiger partial charge on any atom is -0.467 e. The molecule has 98 valence electrons. The molecule has 1 amide bonds. The van der Waals surface area contributed by atoms with Gasteiger partial charge in [0.1, 0.15) is 5.54 Å². The van der Waals surface area contributed by atoms with Crippen LogP contribution in [-0.4, -0.2) is 46.6 Å². The molecule has 0 bridgehead atoms. The topological polar surface area (TPSA) is 106 Å². The number of methoxy groups -OCH3 is 1. The second-order valence-corrected chi connectivity index (χ2v) is 4.45. The number of nitrogens with zero attached hydrogens (tertiary/aromatic N) is 4. The summed E-state index contributed by atoms with van der Waals surface area (Å²) in [5.41, 5.74) is 4.86. The number of hydrogen-bond donors (Lipinski definition) is 2. The van der Waals surface area contributed by atoms with E-state index in [0.29, 0.717) is 19.0 Å². The summed E-state index contributed by atoms with van der Waals surface area (Å²) in [6.45, 7) is 4.74. The number of carbonyl (C=O) groups is 1. The van der Waals surface area contributed by atoms with Crippen LogP contribution in [0.4, 0.5) is 11.9 Å². The summed E-state index contributed by atoms with van der Waals surface area (Å²) in [5, 5.41) is 2.80. The first-order valence-corrected chi connectivity index (χ1v) is 5.56. The monoisotopic (exact) mass is 252 g/mol. The predicted molar refractivity (Wildman–Crippen MR) is 65.2 cm³/mol. The lowest BCUT2D eigenvalue weighted by atomic mass is 10.00. The van der Waals surface area contributed by atoms with Crippen molar-refractivity contribution in [3.63, 3.8) is 0 Å². The number of carbonyl (C=O) groups excluding carboxylic acids is 1. The van der Waals surface area contributed by atoms with Gasteiger partial charge in [-0.2, -0.15) is 15.0 Å². The Bertz CT molecular complexity index is 475. The number of nitrogens with one attached hydrogen (secondary N) is 1. The number of anilines is 2. The fourth-order valence-corrected chi connectivity index (χ4v) is 1.82. The zero-order valence-electron chi connectivity index (χ0n) is 10.6. The van der Waals surface area contributed by atoms with E-state index in [1.165, 1.54) is 7.11 Å². The van der Waals surface area contributed by atoms with Crippen LogP contribution in [0.2, 0.25) is 0 Å². The van der Waals surface area contributed by atoms with Crippen LogP contribution in [0.25, 0.3) is 0 Å². The first-order chi connectivity index (χ1) is 8.45. The van der Waals surface area contributed by atoms with Gasteiger partial charge in [-0.05, 0) is 13.8 Å². The van der Waals surface area contributed by atoms with Crippen molar-refractivity contribution in [2.24, 2.45) is 0 Å². The van der Waals surface area contributed by atoms with Gasteiger partial charge in [-0.1, -0.05) is 0 Å². The zero-order chi connectivity index (χ0) is 13.3. The predicted octanol–water partition coefficient (Wildman–Crippen LogP) is -0.823. The summed E-state index contributed by atoms with van der Waals surface area (Å²) in [4.78, 5) is 25.6. The Morgan fingerprint density at radius 1 is 1.39 bits per heavy atom. The molecule has 0 aromatic carbocycles. The van der Waals surface area contributed by atoms with Crippen LogP contribution < -0.4 is 20.7 Å². The fourth-order valence-electron chi connectivity index (χ4n) is 1.82. The van der Waals surface area contributed by atoms with E-state index in [4.69, 9.17) is 10.5 Å². The average molecular weight is 252 g/mol. The van der Waals surface area contributed by atoms with Gasteiger partial charge >= 0.3 is 6.01 Å². The maximum atomic E-state index is 11.9. The van der Waals surface area contributed by atoms with Gasteiger partial charge in [0.05, 0.1) is 7.11 Å². The van der Waals surface area contributed by atoms with Crippen molar-refractivity contribution in [2.75, 3.05) is 30.8 Å². The fraction of sp³-hybridized carbons (Fsp3) is 0.600. The van der Waals surface area contributed by atoms with Crippen molar-refractivity contribution in [1.82, 2.24) is 20.3 Å². The van der Waals surface area contributed by atoms with Crippen molar-refractivity contribution in [3.8, 4) is 6.01 Å². The molecule has 0 unspecified atom stereocenters. The summed E-state index contributed by atoms with van der Waals surface area (Å²) in [5.74, 6) is 0.338. The van der Waals surface area contributed by atoms with Crippen molar-refractivity contribution < 1.29 is 9.53 Å². The molecule has 1 aliphatic rings. The summed E-state index contributed by atoms with van der Waals surface area (Å²) in [7, 11) is 1.45. The lowest BCUT2D eigenvalue weighted by molar-refractivity contribution is -0.126. The highest BCUT2D eigenvalue weighted by molar-refractivity contribution is 5.89. The third kappa shape index (κ3) is 2.01. The molecular weight excluding hydrogens is 236 g/mol. The summed E-state index contributed by atoms with van der Waals surface area (Å²) < 4.78 is 4.95. The van der Waals surface area contributed by atoms with Crippen molar-refractivity contribution in [3.05, 3.63) is 0 Å². The van der Waals surface area contributed by atoms with E-state index in [1.54, 1.807) is 18.7 Å². The molecule has 0 spiro atoms. The maximum Gasteiger partial charge on any atom is 0.322 e. The molecular formula is C10H16N6O2. The number of nitrogens with two attached hydrogens (primary N) is 1. The lowest BCUT2D eigenvalue weighted by Crippen LogP contribution is -2.62. The Morgan fingerprint density at radius 2 is 2.11 bits per heavy atom. The smallest absolute Gasteiger partial charge is 0.322 e. The van der Waals surface area contributed by atoms with Gasteiger partial charge < -0.3 is 20.7 Å². The number of hydrogen-bond acceptors (Lipinski definition) is 7. The van der Waals surface area contributed by atoms with Gasteiger partial charge in [-0.25, -0.2) is 0 Å². The van der Waals surface area contributed by atoms with E-state index in [9.17, 15) is 4.79 Å². The number of piperazine rings is 1. The van der Waals surface area contributed by atoms with E-state index >= 15 is 0 Å². The summed E-state index contributed by atoms with van der Waals surface area (Å²) in [6, 6.07) is 0.138. The number of aromatic nitrogens is 3. The highest BCUT2D eigenvalue weighted by Crippen LogP contribution is 2.24. The van der Waals surface area contributed by atoms with Crippen molar-refractivity contribution in [2.45, 2.75) is 19.4 Å². The molecule has 8 nitrogen and oxygen atoms in total. The first kappa shape index (κ1) is 12.3. The van der Waals surface area contributed by atoms with Crippen molar-refractivity contribution in [1.29, 1.82) is 0 Å². The maximum absolute atomic E-state index is 11.9. The Hall–Kier alpha value is -2.12. The average Bonchev–Trinajstić information content (AvgIpc) is 2.31. The number of amides is 1. The first-order valence-electron chi connectivity index (χ1n) is 5.56. The second-order valence-electron chi connectivity index (χ2n) is 4.45. The zero-order valence-corrected chi connectivity index (χ0v) is 10.6. The molecule has 2 heterocycles. The third-order valence-corrected chi connectivity index (χ3v) is 2.90.